The van der Waals surface area contributed by atoms with Crippen LogP contribution >= 0.6 is 0 Å². The molecule has 0 N–H and O–H groups in total. The van der Waals surface area contributed by atoms with Crippen molar-refractivity contribution in [1.29, 1.82) is 10.5 Å². The van der Waals surface area contributed by atoms with Crippen LogP contribution < -0.4 is 4.90 Å². The topological polar surface area (TPSA) is 60.1 Å². The van der Waals surface area contributed by atoms with E-state index >= 15 is 0 Å². The zero-order valence-electron chi connectivity index (χ0n) is 10.5. The zero-order chi connectivity index (χ0) is 13.2. The van der Waals surface area contributed by atoms with Gasteiger partial charge in [-0.05, 0) is 19.1 Å². The Labute approximate surface area is 108 Å². The Morgan fingerprint density at radius 2 is 1.94 bits per heavy atom. The molecule has 0 aliphatic carbocycles. The largest absolute Gasteiger partial charge is 0.379 e. The minimum Gasteiger partial charge on any atom is -0.379 e. The summed E-state index contributed by atoms with van der Waals surface area (Å²) in [5, 5.41) is 17.4. The van der Waals surface area contributed by atoms with Crippen molar-refractivity contribution < 1.29 is 4.74 Å². The molecular formula is C14H17N3O. The van der Waals surface area contributed by atoms with Gasteiger partial charge in [-0.1, -0.05) is 18.2 Å². The maximum absolute atomic E-state index is 9.03. The Kier molecular flexibility index (Phi) is 6.32. The van der Waals surface area contributed by atoms with Crippen LogP contribution in [0.15, 0.2) is 30.3 Å². The minimum absolute atomic E-state index is 0.202. The fraction of sp³-hybridized carbons (Fsp3) is 0.429. The minimum atomic E-state index is -0.202. The summed E-state index contributed by atoms with van der Waals surface area (Å²) >= 11 is 0. The third-order valence-corrected chi connectivity index (χ3v) is 2.58. The fourth-order valence-corrected chi connectivity index (χ4v) is 1.62. The van der Waals surface area contributed by atoms with Crippen LogP contribution in [-0.2, 0) is 4.74 Å². The molecule has 0 heterocycles. The number of para-hydroxylation sites is 1. The van der Waals surface area contributed by atoms with Gasteiger partial charge in [0.2, 0.25) is 0 Å². The van der Waals surface area contributed by atoms with Gasteiger partial charge in [-0.15, -0.1) is 0 Å². The average molecular weight is 243 g/mol. The Morgan fingerprint density at radius 3 is 2.56 bits per heavy atom. The first-order valence-electron chi connectivity index (χ1n) is 5.95. The second-order valence-corrected chi connectivity index (χ2v) is 3.85. The molecule has 0 saturated carbocycles. The molecule has 0 spiro atoms. The summed E-state index contributed by atoms with van der Waals surface area (Å²) in [7, 11) is 0. The van der Waals surface area contributed by atoms with Crippen molar-refractivity contribution in [2.45, 2.75) is 19.4 Å². The number of nitriles is 2. The number of hydrogen-bond acceptors (Lipinski definition) is 4. The predicted molar refractivity (Wildman–Crippen MR) is 69.9 cm³/mol. The van der Waals surface area contributed by atoms with E-state index in [2.05, 4.69) is 6.07 Å². The Hall–Kier alpha value is -2.04. The highest BCUT2D eigenvalue weighted by Crippen LogP contribution is 2.15. The van der Waals surface area contributed by atoms with Gasteiger partial charge in [0.05, 0.1) is 31.8 Å². The lowest BCUT2D eigenvalue weighted by Crippen LogP contribution is -2.35. The molecule has 1 atom stereocenters. The van der Waals surface area contributed by atoms with Gasteiger partial charge in [0.15, 0.2) is 0 Å². The molecule has 1 aromatic rings. The lowest BCUT2D eigenvalue weighted by atomic mass is 10.2. The molecule has 0 bridgehead atoms. The van der Waals surface area contributed by atoms with Crippen LogP contribution in [-0.4, -0.2) is 25.8 Å². The molecule has 94 valence electrons. The van der Waals surface area contributed by atoms with E-state index in [9.17, 15) is 0 Å². The van der Waals surface area contributed by atoms with Crippen molar-refractivity contribution in [1.82, 2.24) is 0 Å². The lowest BCUT2D eigenvalue weighted by molar-refractivity contribution is 0.145. The number of hydrogen-bond donors (Lipinski definition) is 0. The second-order valence-electron chi connectivity index (χ2n) is 3.85. The molecule has 1 unspecified atom stereocenters. The maximum Gasteiger partial charge on any atom is 0.114 e. The third kappa shape index (κ3) is 4.45. The van der Waals surface area contributed by atoms with Crippen LogP contribution in [0.4, 0.5) is 5.69 Å². The third-order valence-electron chi connectivity index (χ3n) is 2.58. The van der Waals surface area contributed by atoms with Gasteiger partial charge in [0.25, 0.3) is 0 Å². The smallest absolute Gasteiger partial charge is 0.114 e. The monoisotopic (exact) mass is 243 g/mol. The molecule has 4 heteroatoms. The van der Waals surface area contributed by atoms with Gasteiger partial charge in [-0.25, -0.2) is 0 Å². The summed E-state index contributed by atoms with van der Waals surface area (Å²) in [6, 6.07) is 13.9. The standard InChI is InChI=1S/C14H17N3O/c1-13(12-16)17(9-11-18-10-5-8-15)14-6-3-2-4-7-14/h2-4,6-7,13H,5,9-11H2,1H3. The van der Waals surface area contributed by atoms with Gasteiger partial charge in [-0.2, -0.15) is 10.5 Å². The van der Waals surface area contributed by atoms with Gasteiger partial charge in [-0.3, -0.25) is 0 Å². The quantitative estimate of drug-likeness (QED) is 0.690. The Morgan fingerprint density at radius 1 is 1.22 bits per heavy atom. The van der Waals surface area contributed by atoms with Crippen molar-refractivity contribution in [2.75, 3.05) is 24.7 Å². The van der Waals surface area contributed by atoms with Crippen LogP contribution in [0.1, 0.15) is 13.3 Å². The van der Waals surface area contributed by atoms with Crippen LogP contribution in [0.3, 0.4) is 0 Å². The molecule has 18 heavy (non-hydrogen) atoms. The highest BCUT2D eigenvalue weighted by atomic mass is 16.5. The van der Waals surface area contributed by atoms with Crippen LogP contribution in [0.5, 0.6) is 0 Å². The highest BCUT2D eigenvalue weighted by Gasteiger charge is 2.12. The molecule has 1 rings (SSSR count). The molecule has 0 aromatic heterocycles. The number of nitrogens with zero attached hydrogens (tertiary/aromatic N) is 3. The van der Waals surface area contributed by atoms with Gasteiger partial charge >= 0.3 is 0 Å². The average Bonchev–Trinajstić information content (AvgIpc) is 2.43. The number of rotatable bonds is 7. The molecule has 0 aliphatic heterocycles. The van der Waals surface area contributed by atoms with Crippen molar-refractivity contribution in [3.63, 3.8) is 0 Å². The van der Waals surface area contributed by atoms with Crippen molar-refractivity contribution in [2.24, 2.45) is 0 Å². The van der Waals surface area contributed by atoms with E-state index in [1.807, 2.05) is 48.2 Å². The SMILES string of the molecule is CC(C#N)N(CCOCCC#N)c1ccccc1. The Balaban J connectivity index is 2.53. The van der Waals surface area contributed by atoms with Crippen molar-refractivity contribution >= 4 is 5.69 Å². The molecule has 0 fully saturated rings. The van der Waals surface area contributed by atoms with E-state index in [1.165, 1.54) is 0 Å². The maximum atomic E-state index is 9.03. The Bertz CT molecular complexity index is 419. The molecule has 4 nitrogen and oxygen atoms in total. The summed E-state index contributed by atoms with van der Waals surface area (Å²) < 4.78 is 5.35. The molecule has 0 amide bonds. The first-order valence-corrected chi connectivity index (χ1v) is 5.95. The normalized spacial score (nSPS) is 11.3. The first-order chi connectivity index (χ1) is 8.79. The molecule has 0 aliphatic rings. The number of anilines is 1. The molecular weight excluding hydrogens is 226 g/mol. The van der Waals surface area contributed by atoms with E-state index in [0.717, 1.165) is 5.69 Å². The summed E-state index contributed by atoms with van der Waals surface area (Å²) in [6.07, 6.45) is 0.402. The summed E-state index contributed by atoms with van der Waals surface area (Å²) in [5.74, 6) is 0. The predicted octanol–water partition coefficient (Wildman–Crippen LogP) is 2.34. The van der Waals surface area contributed by atoms with Crippen molar-refractivity contribution in [3.05, 3.63) is 30.3 Å². The van der Waals surface area contributed by atoms with E-state index in [1.54, 1.807) is 0 Å². The molecule has 1 aromatic carbocycles. The lowest BCUT2D eigenvalue weighted by Gasteiger charge is -2.26. The summed E-state index contributed by atoms with van der Waals surface area (Å²) in [4.78, 5) is 1.99. The summed E-state index contributed by atoms with van der Waals surface area (Å²) in [5.41, 5.74) is 1.01. The van der Waals surface area contributed by atoms with Crippen LogP contribution in [0.25, 0.3) is 0 Å². The van der Waals surface area contributed by atoms with E-state index in [0.29, 0.717) is 26.2 Å². The van der Waals surface area contributed by atoms with Gasteiger partial charge < -0.3 is 9.64 Å². The van der Waals surface area contributed by atoms with Gasteiger partial charge in [0, 0.05) is 12.2 Å². The van der Waals surface area contributed by atoms with Crippen LogP contribution in [0.2, 0.25) is 0 Å². The molecule has 0 saturated heterocycles. The van der Waals surface area contributed by atoms with Crippen LogP contribution in [0, 0.1) is 22.7 Å². The highest BCUT2D eigenvalue weighted by molar-refractivity contribution is 5.48. The first kappa shape index (κ1) is 14.0. The molecule has 0 radical (unpaired) electrons. The van der Waals surface area contributed by atoms with Crippen molar-refractivity contribution in [3.8, 4) is 12.1 Å². The van der Waals surface area contributed by atoms with E-state index in [-0.39, 0.29) is 6.04 Å². The zero-order valence-corrected chi connectivity index (χ0v) is 10.5. The number of ether oxygens (including phenoxy) is 1. The fourth-order valence-electron chi connectivity index (χ4n) is 1.62. The van der Waals surface area contributed by atoms with Gasteiger partial charge in [0.1, 0.15) is 6.04 Å². The van der Waals surface area contributed by atoms with E-state index in [4.69, 9.17) is 15.3 Å². The summed E-state index contributed by atoms with van der Waals surface area (Å²) in [6.45, 7) is 3.47. The second kappa shape index (κ2) is 8.11. The number of benzene rings is 1. The van der Waals surface area contributed by atoms with E-state index < -0.39 is 0 Å².